The van der Waals surface area contributed by atoms with Gasteiger partial charge in [-0.15, -0.1) is 0 Å². The summed E-state index contributed by atoms with van der Waals surface area (Å²) in [6.07, 6.45) is 4.98. The molecule has 0 bridgehead atoms. The lowest BCUT2D eigenvalue weighted by atomic mass is 9.95. The molecular formula is C21H17N5. The molecule has 0 saturated heterocycles. The van der Waals surface area contributed by atoms with E-state index in [-0.39, 0.29) is 0 Å². The zero-order valence-electron chi connectivity index (χ0n) is 14.0. The highest BCUT2D eigenvalue weighted by atomic mass is 14.7. The highest BCUT2D eigenvalue weighted by Gasteiger charge is 2.14. The second-order valence-corrected chi connectivity index (χ2v) is 6.07. The van der Waals surface area contributed by atoms with E-state index in [1.807, 2.05) is 54.6 Å². The Kier molecular flexibility index (Phi) is 3.82. The van der Waals surface area contributed by atoms with Gasteiger partial charge in [0.2, 0.25) is 0 Å². The van der Waals surface area contributed by atoms with Gasteiger partial charge in [-0.05, 0) is 23.8 Å². The predicted molar refractivity (Wildman–Crippen MR) is 106 cm³/mol. The number of nitrogens with two attached hydrogens (primary N) is 2. The number of fused-ring (bicyclic) bond motifs is 1. The Morgan fingerprint density at radius 2 is 1.65 bits per heavy atom. The predicted octanol–water partition coefficient (Wildman–Crippen LogP) is 3.88. The molecule has 2 aromatic heterocycles. The van der Waals surface area contributed by atoms with Crippen molar-refractivity contribution in [2.45, 2.75) is 0 Å². The van der Waals surface area contributed by atoms with Crippen LogP contribution in [0.3, 0.4) is 0 Å². The molecule has 0 unspecified atom stereocenters. The average Bonchev–Trinajstić information content (AvgIpc) is 2.67. The first-order chi connectivity index (χ1) is 12.6. The molecule has 0 fully saturated rings. The minimum absolute atomic E-state index is 0.373. The lowest BCUT2D eigenvalue weighted by Gasteiger charge is -2.12. The number of anilines is 2. The van der Waals surface area contributed by atoms with Crippen molar-refractivity contribution in [3.63, 3.8) is 0 Å². The second-order valence-electron chi connectivity index (χ2n) is 6.07. The molecular weight excluding hydrogens is 322 g/mol. The van der Waals surface area contributed by atoms with Crippen LogP contribution in [0, 0.1) is 5.41 Å². The maximum atomic E-state index is 8.66. The molecule has 0 spiro atoms. The van der Waals surface area contributed by atoms with Crippen molar-refractivity contribution in [3.05, 3.63) is 84.3 Å². The van der Waals surface area contributed by atoms with Gasteiger partial charge in [-0.2, -0.15) is 0 Å². The van der Waals surface area contributed by atoms with Crippen molar-refractivity contribution >= 4 is 28.0 Å². The van der Waals surface area contributed by atoms with Gasteiger partial charge >= 0.3 is 0 Å². The van der Waals surface area contributed by atoms with Crippen LogP contribution >= 0.6 is 0 Å². The Hall–Kier alpha value is -3.73. The molecule has 26 heavy (non-hydrogen) atoms. The molecule has 0 amide bonds. The second kappa shape index (κ2) is 6.29. The van der Waals surface area contributed by atoms with Crippen LogP contribution in [-0.4, -0.2) is 15.7 Å². The maximum Gasteiger partial charge on any atom is 0.0712 e. The summed E-state index contributed by atoms with van der Waals surface area (Å²) in [5.41, 5.74) is 17.7. The Balaban J connectivity index is 1.93. The van der Waals surface area contributed by atoms with Crippen molar-refractivity contribution in [1.29, 1.82) is 5.41 Å². The number of nitrogens with one attached hydrogen (secondary N) is 1. The van der Waals surface area contributed by atoms with Crippen molar-refractivity contribution < 1.29 is 0 Å². The fourth-order valence-corrected chi connectivity index (χ4v) is 3.03. The van der Waals surface area contributed by atoms with Gasteiger partial charge in [0.25, 0.3) is 0 Å². The Bertz CT molecular complexity index is 1120. The number of hydrogen-bond acceptors (Lipinski definition) is 5. The maximum absolute atomic E-state index is 8.66. The van der Waals surface area contributed by atoms with Gasteiger partial charge in [-0.3, -0.25) is 15.4 Å². The first kappa shape index (κ1) is 15.8. The first-order valence-electron chi connectivity index (χ1n) is 8.17. The topological polar surface area (TPSA) is 102 Å². The number of nitrogens with zero attached hydrogens (tertiary/aromatic N) is 2. The van der Waals surface area contributed by atoms with Gasteiger partial charge in [0.05, 0.1) is 28.8 Å². The van der Waals surface area contributed by atoms with E-state index in [0.717, 1.165) is 27.6 Å². The van der Waals surface area contributed by atoms with Crippen molar-refractivity contribution in [2.75, 3.05) is 11.5 Å². The van der Waals surface area contributed by atoms with Crippen LogP contribution in [0.2, 0.25) is 0 Å². The molecule has 0 aliphatic carbocycles. The average molecular weight is 339 g/mol. The normalized spacial score (nSPS) is 10.8. The summed E-state index contributed by atoms with van der Waals surface area (Å²) in [5, 5.41) is 9.49. The molecule has 5 N–H and O–H groups in total. The number of nitrogen functional groups attached to an aromatic ring is 2. The summed E-state index contributed by atoms with van der Waals surface area (Å²) in [6, 6.07) is 17.3. The van der Waals surface area contributed by atoms with Gasteiger partial charge in [0.1, 0.15) is 0 Å². The summed E-state index contributed by atoms with van der Waals surface area (Å²) in [6.45, 7) is 0. The lowest BCUT2D eigenvalue weighted by molar-refractivity contribution is 1.33. The van der Waals surface area contributed by atoms with Crippen LogP contribution < -0.4 is 11.5 Å². The van der Waals surface area contributed by atoms with Crippen LogP contribution in [0.25, 0.3) is 22.0 Å². The fourth-order valence-electron chi connectivity index (χ4n) is 3.03. The molecule has 0 aliphatic heterocycles. The van der Waals surface area contributed by atoms with Crippen molar-refractivity contribution in [1.82, 2.24) is 9.97 Å². The molecule has 5 nitrogen and oxygen atoms in total. The van der Waals surface area contributed by atoms with Gasteiger partial charge in [0, 0.05) is 34.5 Å². The summed E-state index contributed by atoms with van der Waals surface area (Å²) in [7, 11) is 0. The number of benzene rings is 2. The van der Waals surface area contributed by atoms with E-state index in [4.69, 9.17) is 16.9 Å². The van der Waals surface area contributed by atoms with E-state index in [1.54, 1.807) is 18.6 Å². The lowest BCUT2D eigenvalue weighted by Crippen LogP contribution is -2.07. The SMILES string of the molecule is N=C(c1ccccc1)c1c(N)cnc2ccc(-c3cncc(N)c3)cc12. The monoisotopic (exact) mass is 339 g/mol. The zero-order valence-corrected chi connectivity index (χ0v) is 14.0. The molecule has 2 aromatic carbocycles. The van der Waals surface area contributed by atoms with E-state index in [2.05, 4.69) is 9.97 Å². The largest absolute Gasteiger partial charge is 0.397 e. The number of rotatable bonds is 3. The molecule has 0 saturated carbocycles. The third kappa shape index (κ3) is 2.75. The standard InChI is InChI=1S/C21H17N5/c22-16-8-15(10-25-11-16)14-6-7-19-17(9-14)20(18(23)12-26-19)21(24)13-4-2-1-3-5-13/h1-12,24H,22-23H2. The third-order valence-electron chi connectivity index (χ3n) is 4.30. The van der Waals surface area contributed by atoms with E-state index >= 15 is 0 Å². The van der Waals surface area contributed by atoms with E-state index in [0.29, 0.717) is 22.6 Å². The van der Waals surface area contributed by atoms with Gasteiger partial charge < -0.3 is 11.5 Å². The van der Waals surface area contributed by atoms with E-state index < -0.39 is 0 Å². The highest BCUT2D eigenvalue weighted by Crippen LogP contribution is 2.30. The highest BCUT2D eigenvalue weighted by molar-refractivity contribution is 6.20. The first-order valence-corrected chi connectivity index (χ1v) is 8.17. The van der Waals surface area contributed by atoms with Crippen molar-refractivity contribution in [3.8, 4) is 11.1 Å². The quantitative estimate of drug-likeness (QED) is 0.493. The molecule has 0 radical (unpaired) electrons. The summed E-state index contributed by atoms with van der Waals surface area (Å²) < 4.78 is 0. The van der Waals surface area contributed by atoms with Crippen LogP contribution in [0.5, 0.6) is 0 Å². The molecule has 4 aromatic rings. The van der Waals surface area contributed by atoms with Crippen molar-refractivity contribution in [2.24, 2.45) is 0 Å². The van der Waals surface area contributed by atoms with Crippen LogP contribution in [0.15, 0.2) is 73.2 Å². The smallest absolute Gasteiger partial charge is 0.0712 e. The molecule has 126 valence electrons. The number of aromatic nitrogens is 2. The van der Waals surface area contributed by atoms with E-state index in [1.165, 1.54) is 0 Å². The Labute approximate surface area is 150 Å². The van der Waals surface area contributed by atoms with Crippen LogP contribution in [0.4, 0.5) is 11.4 Å². The summed E-state index contributed by atoms with van der Waals surface area (Å²) >= 11 is 0. The molecule has 2 heterocycles. The van der Waals surface area contributed by atoms with Gasteiger partial charge in [0.15, 0.2) is 0 Å². The fraction of sp³-hybridized carbons (Fsp3) is 0. The molecule has 0 atom stereocenters. The summed E-state index contributed by atoms with van der Waals surface area (Å²) in [5.74, 6) is 0. The zero-order chi connectivity index (χ0) is 18.1. The van der Waals surface area contributed by atoms with Gasteiger partial charge in [-0.25, -0.2) is 0 Å². The van der Waals surface area contributed by atoms with Crippen LogP contribution in [-0.2, 0) is 0 Å². The van der Waals surface area contributed by atoms with E-state index in [9.17, 15) is 0 Å². The minimum Gasteiger partial charge on any atom is -0.397 e. The Morgan fingerprint density at radius 1 is 0.846 bits per heavy atom. The third-order valence-corrected chi connectivity index (χ3v) is 4.30. The Morgan fingerprint density at radius 3 is 2.42 bits per heavy atom. The molecule has 4 rings (SSSR count). The van der Waals surface area contributed by atoms with Gasteiger partial charge in [-0.1, -0.05) is 36.4 Å². The van der Waals surface area contributed by atoms with Crippen LogP contribution in [0.1, 0.15) is 11.1 Å². The summed E-state index contributed by atoms with van der Waals surface area (Å²) in [4.78, 5) is 8.56. The number of hydrogen-bond donors (Lipinski definition) is 3. The molecule has 0 aliphatic rings. The minimum atomic E-state index is 0.373. The molecule has 5 heteroatoms. The number of pyridine rings is 2.